The van der Waals surface area contributed by atoms with Crippen LogP contribution in [0, 0.1) is 18.6 Å². The van der Waals surface area contributed by atoms with Crippen molar-refractivity contribution in [3.05, 3.63) is 82.3 Å². The normalized spacial score (nSPS) is 13.2. The molecule has 2 N–H and O–H groups in total. The van der Waals surface area contributed by atoms with Gasteiger partial charge in [0, 0.05) is 17.0 Å². The second-order valence-electron chi connectivity index (χ2n) is 7.90. The number of carbonyl (C=O) groups excluding carboxylic acids is 2. The molecule has 2 aromatic heterocycles. The molecule has 0 aliphatic carbocycles. The number of hydrogen-bond acceptors (Lipinski definition) is 4. The van der Waals surface area contributed by atoms with Crippen molar-refractivity contribution in [1.82, 2.24) is 14.8 Å². The van der Waals surface area contributed by atoms with E-state index in [-0.39, 0.29) is 39.1 Å². The fraction of sp³-hybridized carbons (Fsp3) is 0.130. The standard InChI is InChI=1S/C23H14F5N5O2/c1-10-19(20(23(26,27)28)31-32(10)9-11-5-6-12(24)7-14(11)25)33-17-4-2-3-15-18(17)13(22(33)35)8-16(30-15)21(29)34/h2-8H,9H2,1H3,(H2,29,34). The molecule has 0 unspecified atom stereocenters. The van der Waals surface area contributed by atoms with Gasteiger partial charge in [-0.25, -0.2) is 13.8 Å². The summed E-state index contributed by atoms with van der Waals surface area (Å²) in [4.78, 5) is 30.0. The molecule has 2 amide bonds. The third-order valence-electron chi connectivity index (χ3n) is 5.74. The van der Waals surface area contributed by atoms with Gasteiger partial charge in [0.2, 0.25) is 0 Å². The first-order chi connectivity index (χ1) is 16.5. The molecule has 3 heterocycles. The molecule has 35 heavy (non-hydrogen) atoms. The second-order valence-corrected chi connectivity index (χ2v) is 7.90. The Bertz CT molecular complexity index is 1560. The van der Waals surface area contributed by atoms with Crippen LogP contribution < -0.4 is 10.6 Å². The predicted octanol–water partition coefficient (Wildman–Crippen LogP) is 4.48. The van der Waals surface area contributed by atoms with Crippen molar-refractivity contribution in [2.24, 2.45) is 5.73 Å². The number of hydrogen-bond donors (Lipinski definition) is 1. The van der Waals surface area contributed by atoms with E-state index in [4.69, 9.17) is 5.73 Å². The van der Waals surface area contributed by atoms with Crippen LogP contribution in [0.1, 0.15) is 37.8 Å². The Kier molecular flexibility index (Phi) is 4.86. The van der Waals surface area contributed by atoms with Crippen LogP contribution >= 0.6 is 0 Å². The van der Waals surface area contributed by atoms with Crippen molar-refractivity contribution in [1.29, 1.82) is 0 Å². The molecule has 5 rings (SSSR count). The van der Waals surface area contributed by atoms with Gasteiger partial charge >= 0.3 is 6.18 Å². The third-order valence-corrected chi connectivity index (χ3v) is 5.74. The average molecular weight is 487 g/mol. The van der Waals surface area contributed by atoms with Gasteiger partial charge in [0.1, 0.15) is 23.0 Å². The fourth-order valence-electron chi connectivity index (χ4n) is 4.16. The summed E-state index contributed by atoms with van der Waals surface area (Å²) in [6.07, 6.45) is -4.97. The lowest BCUT2D eigenvalue weighted by atomic mass is 10.1. The minimum Gasteiger partial charge on any atom is -0.364 e. The van der Waals surface area contributed by atoms with Gasteiger partial charge < -0.3 is 5.73 Å². The van der Waals surface area contributed by atoms with E-state index in [1.165, 1.54) is 25.1 Å². The fourth-order valence-corrected chi connectivity index (χ4v) is 4.16. The Balaban J connectivity index is 1.70. The number of alkyl halides is 3. The Hall–Kier alpha value is -4.35. The molecule has 1 aliphatic rings. The lowest BCUT2D eigenvalue weighted by Crippen LogP contribution is -2.24. The van der Waals surface area contributed by atoms with Gasteiger partial charge in [-0.1, -0.05) is 12.1 Å². The van der Waals surface area contributed by atoms with Gasteiger partial charge in [0.15, 0.2) is 5.69 Å². The predicted molar refractivity (Wildman–Crippen MR) is 114 cm³/mol. The maximum atomic E-state index is 14.2. The molecule has 12 heteroatoms. The Morgan fingerprint density at radius 2 is 1.86 bits per heavy atom. The number of aromatic nitrogens is 3. The zero-order chi connectivity index (χ0) is 25.2. The molecule has 4 aromatic rings. The van der Waals surface area contributed by atoms with Crippen molar-refractivity contribution in [3.8, 4) is 0 Å². The number of anilines is 2. The van der Waals surface area contributed by atoms with Gasteiger partial charge in [-0.2, -0.15) is 18.3 Å². The molecule has 1 aliphatic heterocycles. The van der Waals surface area contributed by atoms with E-state index in [9.17, 15) is 31.5 Å². The van der Waals surface area contributed by atoms with Gasteiger partial charge in [-0.3, -0.25) is 19.2 Å². The Morgan fingerprint density at radius 1 is 1.11 bits per heavy atom. The van der Waals surface area contributed by atoms with Crippen LogP contribution in [0.2, 0.25) is 0 Å². The number of nitrogens with two attached hydrogens (primary N) is 1. The number of amides is 2. The third kappa shape index (κ3) is 3.49. The lowest BCUT2D eigenvalue weighted by molar-refractivity contribution is -0.140. The highest BCUT2D eigenvalue weighted by Crippen LogP contribution is 2.47. The summed E-state index contributed by atoms with van der Waals surface area (Å²) in [6, 6.07) is 8.26. The van der Waals surface area contributed by atoms with Crippen molar-refractivity contribution >= 4 is 34.1 Å². The Morgan fingerprint density at radius 3 is 2.51 bits per heavy atom. The smallest absolute Gasteiger partial charge is 0.364 e. The van der Waals surface area contributed by atoms with E-state index in [0.29, 0.717) is 6.07 Å². The molecule has 0 bridgehead atoms. The molecule has 0 spiro atoms. The maximum Gasteiger partial charge on any atom is 0.437 e. The summed E-state index contributed by atoms with van der Waals surface area (Å²) in [7, 11) is 0. The zero-order valence-corrected chi connectivity index (χ0v) is 17.8. The number of halogens is 5. The summed E-state index contributed by atoms with van der Waals surface area (Å²) in [6.45, 7) is 0.871. The summed E-state index contributed by atoms with van der Waals surface area (Å²) in [5.74, 6) is -3.52. The SMILES string of the molecule is Cc1c(N2C(=O)c3cc(C(N)=O)nc4cccc2c34)c(C(F)(F)F)nn1Cc1ccc(F)cc1F. The zero-order valence-electron chi connectivity index (χ0n) is 17.8. The number of benzene rings is 2. The lowest BCUT2D eigenvalue weighted by Gasteiger charge is -2.19. The minimum absolute atomic E-state index is 0.0377. The van der Waals surface area contributed by atoms with E-state index in [0.717, 1.165) is 27.8 Å². The molecule has 178 valence electrons. The van der Waals surface area contributed by atoms with Gasteiger partial charge in [0.05, 0.1) is 29.0 Å². The summed E-state index contributed by atoms with van der Waals surface area (Å²) in [5, 5.41) is 3.90. The van der Waals surface area contributed by atoms with E-state index < -0.39 is 47.6 Å². The molecule has 0 saturated carbocycles. The highest BCUT2D eigenvalue weighted by atomic mass is 19.4. The molecule has 0 atom stereocenters. The number of primary amides is 1. The number of nitrogens with zero attached hydrogens (tertiary/aromatic N) is 4. The molecule has 0 fully saturated rings. The highest BCUT2D eigenvalue weighted by molar-refractivity contribution is 6.28. The molecule has 0 saturated heterocycles. The van der Waals surface area contributed by atoms with Crippen molar-refractivity contribution in [2.45, 2.75) is 19.6 Å². The summed E-state index contributed by atoms with van der Waals surface area (Å²) in [5.41, 5.74) is 3.29. The van der Waals surface area contributed by atoms with Gasteiger partial charge in [-0.15, -0.1) is 0 Å². The molecule has 2 aromatic carbocycles. The van der Waals surface area contributed by atoms with Crippen LogP contribution in [-0.2, 0) is 12.7 Å². The van der Waals surface area contributed by atoms with Crippen LogP contribution in [0.25, 0.3) is 10.9 Å². The first-order valence-electron chi connectivity index (χ1n) is 10.1. The molecular formula is C23H14F5N5O2. The van der Waals surface area contributed by atoms with E-state index >= 15 is 0 Å². The molecule has 0 radical (unpaired) electrons. The second kappa shape index (κ2) is 7.58. The van der Waals surface area contributed by atoms with Crippen molar-refractivity contribution < 1.29 is 31.5 Å². The largest absolute Gasteiger partial charge is 0.437 e. The Labute approximate surface area is 193 Å². The van der Waals surface area contributed by atoms with E-state index in [2.05, 4.69) is 10.1 Å². The number of rotatable bonds is 4. The summed E-state index contributed by atoms with van der Waals surface area (Å²) >= 11 is 0. The minimum atomic E-state index is -4.97. The summed E-state index contributed by atoms with van der Waals surface area (Å²) < 4.78 is 70.6. The monoisotopic (exact) mass is 487 g/mol. The van der Waals surface area contributed by atoms with Crippen LogP contribution in [0.3, 0.4) is 0 Å². The van der Waals surface area contributed by atoms with Crippen LogP contribution in [0.4, 0.5) is 33.3 Å². The van der Waals surface area contributed by atoms with Gasteiger partial charge in [-0.05, 0) is 31.2 Å². The molecule has 7 nitrogen and oxygen atoms in total. The number of pyridine rings is 1. The maximum absolute atomic E-state index is 14.2. The van der Waals surface area contributed by atoms with Crippen LogP contribution in [0.5, 0.6) is 0 Å². The van der Waals surface area contributed by atoms with Crippen molar-refractivity contribution in [2.75, 3.05) is 4.90 Å². The first-order valence-corrected chi connectivity index (χ1v) is 10.1. The van der Waals surface area contributed by atoms with Crippen LogP contribution in [0.15, 0.2) is 42.5 Å². The van der Waals surface area contributed by atoms with E-state index in [1.54, 1.807) is 0 Å². The average Bonchev–Trinajstić information content (AvgIpc) is 3.25. The van der Waals surface area contributed by atoms with E-state index in [1.807, 2.05) is 0 Å². The number of carbonyl (C=O) groups is 2. The topological polar surface area (TPSA) is 94.1 Å². The first kappa shape index (κ1) is 22.4. The van der Waals surface area contributed by atoms with Crippen molar-refractivity contribution in [3.63, 3.8) is 0 Å². The van der Waals surface area contributed by atoms with Crippen LogP contribution in [-0.4, -0.2) is 26.6 Å². The molecular weight excluding hydrogens is 473 g/mol. The quantitative estimate of drug-likeness (QED) is 0.430. The van der Waals surface area contributed by atoms with Gasteiger partial charge in [0.25, 0.3) is 11.8 Å². The highest BCUT2D eigenvalue weighted by Gasteiger charge is 2.44.